The molecular weight excluding hydrogens is 363 g/mol. The minimum absolute atomic E-state index is 0.0541. The summed E-state index contributed by atoms with van der Waals surface area (Å²) in [6.45, 7) is 5.78. The Labute approximate surface area is 163 Å². The number of hydrogen-bond acceptors (Lipinski definition) is 7. The second-order valence-electron chi connectivity index (χ2n) is 7.64. The number of hydrogen-bond donors (Lipinski definition) is 2. The molecule has 9 heteroatoms. The van der Waals surface area contributed by atoms with Gasteiger partial charge in [0.05, 0.1) is 36.4 Å². The number of halogens is 1. The van der Waals surface area contributed by atoms with E-state index in [-0.39, 0.29) is 5.92 Å². The molecule has 0 unspecified atom stereocenters. The lowest BCUT2D eigenvalue weighted by atomic mass is 9.87. The van der Waals surface area contributed by atoms with Gasteiger partial charge in [-0.05, 0) is 46.0 Å². The maximum Gasteiger partial charge on any atom is 0.230 e. The molecule has 2 aromatic rings. The number of aromatic nitrogens is 4. The van der Waals surface area contributed by atoms with Gasteiger partial charge < -0.3 is 15.2 Å². The average molecular weight is 388 g/mol. The first-order valence-corrected chi connectivity index (χ1v) is 9.31. The maximum atomic E-state index is 13.6. The van der Waals surface area contributed by atoms with Gasteiger partial charge in [-0.1, -0.05) is 0 Å². The predicted octanol–water partition coefficient (Wildman–Crippen LogP) is 2.86. The molecule has 0 radical (unpaired) electrons. The van der Waals surface area contributed by atoms with Gasteiger partial charge in [0, 0.05) is 12.3 Å². The Hall–Kier alpha value is -2.73. The van der Waals surface area contributed by atoms with Crippen LogP contribution in [0.2, 0.25) is 0 Å². The van der Waals surface area contributed by atoms with Gasteiger partial charge in [-0.2, -0.15) is 15.3 Å². The molecule has 0 aliphatic heterocycles. The summed E-state index contributed by atoms with van der Waals surface area (Å²) in [5, 5.41) is 26.1. The van der Waals surface area contributed by atoms with E-state index < -0.39 is 17.8 Å². The lowest BCUT2D eigenvalue weighted by Gasteiger charge is -2.28. The van der Waals surface area contributed by atoms with Gasteiger partial charge in [-0.25, -0.2) is 14.1 Å². The Kier molecular flexibility index (Phi) is 5.79. The van der Waals surface area contributed by atoms with Crippen molar-refractivity contribution in [3.63, 3.8) is 0 Å². The molecule has 3 atom stereocenters. The summed E-state index contributed by atoms with van der Waals surface area (Å²) in [6, 6.07) is 3.86. The van der Waals surface area contributed by atoms with Crippen molar-refractivity contribution in [3.05, 3.63) is 24.2 Å². The third-order valence-electron chi connectivity index (χ3n) is 5.00. The molecule has 0 aromatic carbocycles. The Morgan fingerprint density at radius 2 is 2.25 bits per heavy atom. The van der Waals surface area contributed by atoms with Crippen molar-refractivity contribution < 1.29 is 14.2 Å². The highest BCUT2D eigenvalue weighted by Crippen LogP contribution is 2.28. The van der Waals surface area contributed by atoms with Gasteiger partial charge in [0.25, 0.3) is 0 Å². The SMILES string of the molecule is Cc1c(Nc2nccc(OC[C@@H]3CC[C@@H](O)[C@H](F)C3)n2)cnn1C(C)(C)C#N. The third kappa shape index (κ3) is 4.39. The van der Waals surface area contributed by atoms with E-state index in [2.05, 4.69) is 26.5 Å². The molecule has 0 amide bonds. The number of nitrogens with zero attached hydrogens (tertiary/aromatic N) is 5. The lowest BCUT2D eigenvalue weighted by Crippen LogP contribution is -2.32. The first-order chi connectivity index (χ1) is 13.3. The Morgan fingerprint density at radius 3 is 2.96 bits per heavy atom. The largest absolute Gasteiger partial charge is 0.477 e. The zero-order chi connectivity index (χ0) is 20.3. The quantitative estimate of drug-likeness (QED) is 0.783. The minimum atomic E-state index is -1.19. The Bertz CT molecular complexity index is 862. The van der Waals surface area contributed by atoms with Crippen LogP contribution in [0.4, 0.5) is 16.0 Å². The molecular formula is C19H25FN6O2. The molecule has 1 aliphatic carbocycles. The van der Waals surface area contributed by atoms with Crippen LogP contribution in [-0.4, -0.2) is 43.7 Å². The highest BCUT2D eigenvalue weighted by atomic mass is 19.1. The van der Waals surface area contributed by atoms with Gasteiger partial charge in [0.2, 0.25) is 11.8 Å². The molecule has 1 aliphatic rings. The van der Waals surface area contributed by atoms with Crippen molar-refractivity contribution in [1.82, 2.24) is 19.7 Å². The van der Waals surface area contributed by atoms with E-state index in [1.165, 1.54) is 0 Å². The van der Waals surface area contributed by atoms with Crippen molar-refractivity contribution >= 4 is 11.6 Å². The second kappa shape index (κ2) is 8.10. The van der Waals surface area contributed by atoms with Crippen molar-refractivity contribution in [3.8, 4) is 11.9 Å². The van der Waals surface area contributed by atoms with Gasteiger partial charge in [-0.3, -0.25) is 0 Å². The zero-order valence-electron chi connectivity index (χ0n) is 16.3. The molecule has 2 heterocycles. The van der Waals surface area contributed by atoms with Crippen LogP contribution in [0.25, 0.3) is 0 Å². The van der Waals surface area contributed by atoms with Crippen molar-refractivity contribution in [2.24, 2.45) is 5.92 Å². The summed E-state index contributed by atoms with van der Waals surface area (Å²) in [5.41, 5.74) is 0.718. The van der Waals surface area contributed by atoms with Crippen LogP contribution in [0.3, 0.4) is 0 Å². The predicted molar refractivity (Wildman–Crippen MR) is 101 cm³/mol. The highest BCUT2D eigenvalue weighted by molar-refractivity contribution is 5.55. The highest BCUT2D eigenvalue weighted by Gasteiger charge is 2.29. The van der Waals surface area contributed by atoms with Gasteiger partial charge in [0.15, 0.2) is 0 Å². The van der Waals surface area contributed by atoms with E-state index in [9.17, 15) is 14.8 Å². The number of nitriles is 1. The first kappa shape index (κ1) is 20.0. The number of aliphatic hydroxyl groups is 1. The summed E-state index contributed by atoms with van der Waals surface area (Å²) >= 11 is 0. The van der Waals surface area contributed by atoms with Crippen LogP contribution >= 0.6 is 0 Å². The summed E-state index contributed by atoms with van der Waals surface area (Å²) in [6.07, 6.45) is 2.62. The van der Waals surface area contributed by atoms with Crippen LogP contribution in [0, 0.1) is 24.2 Å². The van der Waals surface area contributed by atoms with Gasteiger partial charge in [-0.15, -0.1) is 0 Å². The molecule has 0 spiro atoms. The van der Waals surface area contributed by atoms with Crippen molar-refractivity contribution in [2.45, 2.75) is 57.8 Å². The van der Waals surface area contributed by atoms with Gasteiger partial charge in [0.1, 0.15) is 11.7 Å². The van der Waals surface area contributed by atoms with Crippen LogP contribution in [-0.2, 0) is 5.54 Å². The van der Waals surface area contributed by atoms with Crippen LogP contribution in [0.1, 0.15) is 38.8 Å². The maximum absolute atomic E-state index is 13.6. The normalized spacial score (nSPS) is 22.5. The molecule has 3 rings (SSSR count). The smallest absolute Gasteiger partial charge is 0.230 e. The number of rotatable bonds is 6. The standard InChI is InChI=1S/C19H25FN6O2/c1-12-15(9-23-26(12)19(2,3)11-21)24-18-22-7-6-17(25-18)28-10-13-4-5-16(27)14(20)8-13/h6-7,9,13-14,16,27H,4-5,8,10H2,1-3H3,(H,22,24,25)/t13-,14-,16-/m1/s1. The molecule has 2 N–H and O–H groups in total. The Balaban J connectivity index is 1.64. The topological polar surface area (TPSA) is 109 Å². The summed E-state index contributed by atoms with van der Waals surface area (Å²) in [5.74, 6) is 0.789. The summed E-state index contributed by atoms with van der Waals surface area (Å²) < 4.78 is 21.0. The molecule has 8 nitrogen and oxygen atoms in total. The van der Waals surface area contributed by atoms with E-state index in [0.29, 0.717) is 37.0 Å². The molecule has 28 heavy (non-hydrogen) atoms. The number of aliphatic hydroxyl groups excluding tert-OH is 1. The molecule has 1 fully saturated rings. The average Bonchev–Trinajstić information content (AvgIpc) is 3.04. The fourth-order valence-corrected chi connectivity index (χ4v) is 3.28. The number of nitrogens with one attached hydrogen (secondary N) is 1. The number of alkyl halides is 1. The van der Waals surface area contributed by atoms with E-state index in [1.54, 1.807) is 37.0 Å². The molecule has 2 aromatic heterocycles. The zero-order valence-corrected chi connectivity index (χ0v) is 16.3. The fraction of sp³-hybridized carbons (Fsp3) is 0.579. The lowest BCUT2D eigenvalue weighted by molar-refractivity contribution is 0.0147. The van der Waals surface area contributed by atoms with Crippen LogP contribution in [0.15, 0.2) is 18.5 Å². The Morgan fingerprint density at radius 1 is 1.46 bits per heavy atom. The van der Waals surface area contributed by atoms with Crippen LogP contribution < -0.4 is 10.1 Å². The summed E-state index contributed by atoms with van der Waals surface area (Å²) in [4.78, 5) is 8.52. The monoisotopic (exact) mass is 388 g/mol. The molecule has 0 bridgehead atoms. The van der Waals surface area contributed by atoms with Crippen molar-refractivity contribution in [1.29, 1.82) is 5.26 Å². The number of ether oxygens (including phenoxy) is 1. The fourth-order valence-electron chi connectivity index (χ4n) is 3.28. The van der Waals surface area contributed by atoms with E-state index in [0.717, 1.165) is 12.1 Å². The minimum Gasteiger partial charge on any atom is -0.477 e. The number of anilines is 2. The second-order valence-corrected chi connectivity index (χ2v) is 7.64. The summed E-state index contributed by atoms with van der Waals surface area (Å²) in [7, 11) is 0. The molecule has 1 saturated carbocycles. The third-order valence-corrected chi connectivity index (χ3v) is 5.00. The first-order valence-electron chi connectivity index (χ1n) is 9.31. The van der Waals surface area contributed by atoms with Crippen LogP contribution in [0.5, 0.6) is 5.88 Å². The van der Waals surface area contributed by atoms with E-state index >= 15 is 0 Å². The van der Waals surface area contributed by atoms with E-state index in [4.69, 9.17) is 4.74 Å². The molecule has 0 saturated heterocycles. The molecule has 150 valence electrons. The van der Waals surface area contributed by atoms with E-state index in [1.807, 2.05) is 6.92 Å². The van der Waals surface area contributed by atoms with Crippen molar-refractivity contribution in [2.75, 3.05) is 11.9 Å². The van der Waals surface area contributed by atoms with Gasteiger partial charge >= 0.3 is 0 Å².